The predicted molar refractivity (Wildman–Crippen MR) is 92.0 cm³/mol. The second-order valence-corrected chi connectivity index (χ2v) is 6.87. The lowest BCUT2D eigenvalue weighted by Gasteiger charge is -2.39. The van der Waals surface area contributed by atoms with Crippen LogP contribution in [0.25, 0.3) is 0 Å². The lowest BCUT2D eigenvalue weighted by atomic mass is 10.0. The van der Waals surface area contributed by atoms with Gasteiger partial charge in [0.1, 0.15) is 18.8 Å². The minimum Gasteiger partial charge on any atom is -0.365 e. The minimum atomic E-state index is 0.0757. The highest BCUT2D eigenvalue weighted by Gasteiger charge is 2.28. The first kappa shape index (κ1) is 17.1. The van der Waals surface area contributed by atoms with Crippen LogP contribution < -0.4 is 4.90 Å². The number of likely N-dealkylation sites (tertiary alicyclic amines) is 1. The Kier molecular flexibility index (Phi) is 5.30. The van der Waals surface area contributed by atoms with Crippen LogP contribution >= 0.6 is 0 Å². The number of carbonyl (C=O) groups is 1. The van der Waals surface area contributed by atoms with Gasteiger partial charge in [-0.2, -0.15) is 0 Å². The maximum atomic E-state index is 11.5. The first-order chi connectivity index (χ1) is 11.5. The van der Waals surface area contributed by atoms with Crippen LogP contribution in [0.5, 0.6) is 0 Å². The van der Waals surface area contributed by atoms with E-state index < -0.39 is 0 Å². The van der Waals surface area contributed by atoms with Gasteiger partial charge in [-0.1, -0.05) is 0 Å². The van der Waals surface area contributed by atoms with Crippen LogP contribution in [-0.4, -0.2) is 84.7 Å². The molecule has 1 aromatic heterocycles. The standard InChI is InChI=1S/C17H27N5O2/c1-13-8-16(19-12-18-13)21(3)14-4-6-22(7-5-14)10-15-9-20(2)17(23)11-24-15/h8,12,14-15H,4-7,9-11H2,1-3H3. The van der Waals surface area contributed by atoms with E-state index in [0.717, 1.165) is 44.0 Å². The number of hydrogen-bond acceptors (Lipinski definition) is 6. The van der Waals surface area contributed by atoms with Crippen LogP contribution in [0.1, 0.15) is 18.5 Å². The Labute approximate surface area is 143 Å². The number of carbonyl (C=O) groups excluding carboxylic acids is 1. The van der Waals surface area contributed by atoms with Gasteiger partial charge >= 0.3 is 0 Å². The molecule has 7 heteroatoms. The minimum absolute atomic E-state index is 0.0757. The Hall–Kier alpha value is -1.73. The third-order valence-corrected chi connectivity index (χ3v) is 5.06. The molecule has 2 aliphatic heterocycles. The van der Waals surface area contributed by atoms with Crippen LogP contribution in [0.4, 0.5) is 5.82 Å². The van der Waals surface area contributed by atoms with E-state index in [4.69, 9.17) is 4.74 Å². The number of ether oxygens (including phenoxy) is 1. The van der Waals surface area contributed by atoms with E-state index in [9.17, 15) is 4.79 Å². The first-order valence-electron chi connectivity index (χ1n) is 8.62. The summed E-state index contributed by atoms with van der Waals surface area (Å²) in [5.74, 6) is 1.07. The summed E-state index contributed by atoms with van der Waals surface area (Å²) in [4.78, 5) is 26.5. The maximum absolute atomic E-state index is 11.5. The summed E-state index contributed by atoms with van der Waals surface area (Å²) in [5.41, 5.74) is 0.998. The summed E-state index contributed by atoms with van der Waals surface area (Å²) < 4.78 is 5.66. The molecule has 0 spiro atoms. The van der Waals surface area contributed by atoms with Gasteiger partial charge < -0.3 is 19.4 Å². The Morgan fingerprint density at radius 2 is 2.08 bits per heavy atom. The fourth-order valence-electron chi connectivity index (χ4n) is 3.47. The van der Waals surface area contributed by atoms with Crippen molar-refractivity contribution in [1.82, 2.24) is 19.8 Å². The second-order valence-electron chi connectivity index (χ2n) is 6.87. The number of morpholine rings is 1. The summed E-state index contributed by atoms with van der Waals surface area (Å²) >= 11 is 0. The number of anilines is 1. The van der Waals surface area contributed by atoms with E-state index in [1.165, 1.54) is 0 Å². The SMILES string of the molecule is Cc1cc(N(C)C2CCN(CC3CN(C)C(=O)CO3)CC2)ncn1. The first-order valence-corrected chi connectivity index (χ1v) is 8.62. The average Bonchev–Trinajstić information content (AvgIpc) is 2.58. The van der Waals surface area contributed by atoms with Gasteiger partial charge in [-0.25, -0.2) is 9.97 Å². The van der Waals surface area contributed by atoms with Crippen molar-refractivity contribution in [3.05, 3.63) is 18.1 Å². The molecule has 2 fully saturated rings. The molecular weight excluding hydrogens is 306 g/mol. The van der Waals surface area contributed by atoms with Crippen molar-refractivity contribution in [3.8, 4) is 0 Å². The molecule has 3 rings (SSSR count). The number of aromatic nitrogens is 2. The number of amides is 1. The molecule has 2 saturated heterocycles. The van der Waals surface area contributed by atoms with Crippen molar-refractivity contribution >= 4 is 11.7 Å². The molecule has 0 radical (unpaired) electrons. The number of rotatable bonds is 4. The summed E-state index contributed by atoms with van der Waals surface area (Å²) in [6.07, 6.45) is 3.99. The van der Waals surface area contributed by atoms with Crippen LogP contribution in [0, 0.1) is 6.92 Å². The van der Waals surface area contributed by atoms with Crippen molar-refractivity contribution in [2.45, 2.75) is 31.9 Å². The van der Waals surface area contributed by atoms with Gasteiger partial charge in [-0.05, 0) is 19.8 Å². The lowest BCUT2D eigenvalue weighted by molar-refractivity contribution is -0.147. The van der Waals surface area contributed by atoms with Gasteiger partial charge in [0.2, 0.25) is 5.91 Å². The highest BCUT2D eigenvalue weighted by Crippen LogP contribution is 2.21. The second kappa shape index (κ2) is 7.44. The molecule has 0 aliphatic carbocycles. The Balaban J connectivity index is 1.48. The number of hydrogen-bond donors (Lipinski definition) is 0. The number of aryl methyl sites for hydroxylation is 1. The van der Waals surface area contributed by atoms with Gasteiger partial charge in [0.15, 0.2) is 0 Å². The van der Waals surface area contributed by atoms with Gasteiger partial charge in [0, 0.05) is 58.1 Å². The van der Waals surface area contributed by atoms with E-state index in [-0.39, 0.29) is 18.6 Å². The number of nitrogens with zero attached hydrogens (tertiary/aromatic N) is 5. The molecule has 0 bridgehead atoms. The lowest BCUT2D eigenvalue weighted by Crippen LogP contribution is -2.51. The summed E-state index contributed by atoms with van der Waals surface area (Å²) in [5, 5.41) is 0. The van der Waals surface area contributed by atoms with Gasteiger partial charge in [-0.15, -0.1) is 0 Å². The molecular formula is C17H27N5O2. The van der Waals surface area contributed by atoms with E-state index in [0.29, 0.717) is 12.6 Å². The zero-order valence-electron chi connectivity index (χ0n) is 14.8. The third-order valence-electron chi connectivity index (χ3n) is 5.06. The zero-order chi connectivity index (χ0) is 17.1. The normalized spacial score (nSPS) is 23.5. The van der Waals surface area contributed by atoms with Crippen LogP contribution in [0.2, 0.25) is 0 Å². The molecule has 1 amide bonds. The fraction of sp³-hybridized carbons (Fsp3) is 0.706. The van der Waals surface area contributed by atoms with Crippen molar-refractivity contribution in [2.24, 2.45) is 0 Å². The topological polar surface area (TPSA) is 61.8 Å². The van der Waals surface area contributed by atoms with E-state index in [2.05, 4.69) is 26.8 Å². The molecule has 0 saturated carbocycles. The molecule has 3 heterocycles. The van der Waals surface area contributed by atoms with Crippen molar-refractivity contribution in [1.29, 1.82) is 0 Å². The van der Waals surface area contributed by atoms with Crippen LogP contribution in [0.15, 0.2) is 12.4 Å². The summed E-state index contributed by atoms with van der Waals surface area (Å²) in [6, 6.07) is 2.54. The Morgan fingerprint density at radius 3 is 2.75 bits per heavy atom. The summed E-state index contributed by atoms with van der Waals surface area (Å²) in [6.45, 7) is 5.91. The molecule has 0 aromatic carbocycles. The average molecular weight is 333 g/mol. The molecule has 7 nitrogen and oxygen atoms in total. The smallest absolute Gasteiger partial charge is 0.248 e. The van der Waals surface area contributed by atoms with Crippen LogP contribution in [-0.2, 0) is 9.53 Å². The van der Waals surface area contributed by atoms with E-state index in [1.807, 2.05) is 20.0 Å². The zero-order valence-corrected chi connectivity index (χ0v) is 14.8. The highest BCUT2D eigenvalue weighted by atomic mass is 16.5. The molecule has 132 valence electrons. The molecule has 1 aromatic rings. The highest BCUT2D eigenvalue weighted by molar-refractivity contribution is 5.77. The number of piperidine rings is 1. The van der Waals surface area contributed by atoms with Crippen LogP contribution in [0.3, 0.4) is 0 Å². The fourth-order valence-corrected chi connectivity index (χ4v) is 3.47. The molecule has 0 N–H and O–H groups in total. The van der Waals surface area contributed by atoms with Gasteiger partial charge in [0.05, 0.1) is 6.10 Å². The number of likely N-dealkylation sites (N-methyl/N-ethyl adjacent to an activating group) is 1. The van der Waals surface area contributed by atoms with E-state index in [1.54, 1.807) is 11.2 Å². The quantitative estimate of drug-likeness (QED) is 0.802. The van der Waals surface area contributed by atoms with Crippen molar-refractivity contribution in [2.75, 3.05) is 51.8 Å². The van der Waals surface area contributed by atoms with Gasteiger partial charge in [-0.3, -0.25) is 4.79 Å². The molecule has 1 atom stereocenters. The molecule has 2 aliphatic rings. The molecule has 24 heavy (non-hydrogen) atoms. The largest absolute Gasteiger partial charge is 0.365 e. The monoisotopic (exact) mass is 333 g/mol. The third kappa shape index (κ3) is 4.02. The maximum Gasteiger partial charge on any atom is 0.248 e. The Bertz CT molecular complexity index is 574. The van der Waals surface area contributed by atoms with Crippen molar-refractivity contribution in [3.63, 3.8) is 0 Å². The predicted octanol–water partition coefficient (Wildman–Crippen LogP) is 0.543. The van der Waals surface area contributed by atoms with Gasteiger partial charge in [0.25, 0.3) is 0 Å². The molecule has 1 unspecified atom stereocenters. The summed E-state index contributed by atoms with van der Waals surface area (Å²) in [7, 11) is 3.97. The van der Waals surface area contributed by atoms with E-state index >= 15 is 0 Å². The van der Waals surface area contributed by atoms with Crippen molar-refractivity contribution < 1.29 is 9.53 Å². The Morgan fingerprint density at radius 1 is 1.33 bits per heavy atom.